The van der Waals surface area contributed by atoms with Gasteiger partial charge in [0.2, 0.25) is 10.6 Å². The number of fused-ring (bicyclic) bond motifs is 1. The molecule has 0 aromatic heterocycles. The minimum atomic E-state index is -1.89. The SMILES string of the molecule is ClC(Cl)(Cl)C1=NN(C(Cl)(Cl)Cl)NC(c2ccc3c(c2)OCO3)=C1. The van der Waals surface area contributed by atoms with E-state index in [0.717, 1.165) is 5.12 Å². The van der Waals surface area contributed by atoms with Gasteiger partial charge in [-0.3, -0.25) is 5.43 Å². The molecule has 3 rings (SSSR count). The molecule has 1 N–H and O–H groups in total. The lowest BCUT2D eigenvalue weighted by Gasteiger charge is -2.33. The van der Waals surface area contributed by atoms with Crippen molar-refractivity contribution in [1.29, 1.82) is 0 Å². The van der Waals surface area contributed by atoms with Crippen molar-refractivity contribution in [1.82, 2.24) is 10.5 Å². The normalized spacial score (nSPS) is 17.6. The van der Waals surface area contributed by atoms with Crippen LogP contribution in [0.25, 0.3) is 5.70 Å². The van der Waals surface area contributed by atoms with Crippen LogP contribution in [0.15, 0.2) is 29.4 Å². The molecule has 1 aromatic carbocycles. The second-order valence-corrected chi connectivity index (χ2v) is 9.00. The van der Waals surface area contributed by atoms with Crippen molar-refractivity contribution < 1.29 is 9.47 Å². The summed E-state index contributed by atoms with van der Waals surface area (Å²) in [5, 5.41) is 4.95. The summed E-state index contributed by atoms with van der Waals surface area (Å²) in [6, 6.07) is 5.28. The smallest absolute Gasteiger partial charge is 0.301 e. The molecule has 5 nitrogen and oxygen atoms in total. The molecular formula is C12H7Cl6N3O2. The van der Waals surface area contributed by atoms with Crippen LogP contribution in [0.1, 0.15) is 5.56 Å². The van der Waals surface area contributed by atoms with E-state index >= 15 is 0 Å². The molecule has 0 saturated heterocycles. The zero-order valence-corrected chi connectivity index (χ0v) is 15.5. The Kier molecular flexibility index (Phi) is 4.64. The maximum absolute atomic E-state index is 5.90. The van der Waals surface area contributed by atoms with E-state index in [1.54, 1.807) is 18.2 Å². The molecule has 0 saturated carbocycles. The Balaban J connectivity index is 2.01. The summed E-state index contributed by atoms with van der Waals surface area (Å²) in [4.78, 5) is 0. The van der Waals surface area contributed by atoms with Gasteiger partial charge in [0.15, 0.2) is 11.5 Å². The molecular weight excluding hydrogens is 431 g/mol. The van der Waals surface area contributed by atoms with Crippen LogP contribution in [-0.4, -0.2) is 25.3 Å². The van der Waals surface area contributed by atoms with E-state index in [2.05, 4.69) is 10.5 Å². The fraction of sp³-hybridized carbons (Fsp3) is 0.250. The molecule has 0 aliphatic carbocycles. The minimum absolute atomic E-state index is 0.0836. The van der Waals surface area contributed by atoms with Crippen molar-refractivity contribution in [3.05, 3.63) is 29.8 Å². The molecule has 0 atom stereocenters. The van der Waals surface area contributed by atoms with E-state index in [-0.39, 0.29) is 12.5 Å². The first kappa shape index (κ1) is 17.4. The summed E-state index contributed by atoms with van der Waals surface area (Å²) in [7, 11) is 0. The van der Waals surface area contributed by atoms with Crippen LogP contribution >= 0.6 is 69.6 Å². The van der Waals surface area contributed by atoms with Crippen molar-refractivity contribution in [2.75, 3.05) is 6.79 Å². The number of rotatable bonds is 1. The Morgan fingerprint density at radius 2 is 1.74 bits per heavy atom. The summed E-state index contributed by atoms with van der Waals surface area (Å²) in [5.74, 6) is 1.22. The molecule has 2 heterocycles. The Labute approximate surface area is 161 Å². The van der Waals surface area contributed by atoms with Crippen LogP contribution in [0.5, 0.6) is 11.5 Å². The molecule has 0 radical (unpaired) electrons. The van der Waals surface area contributed by atoms with Crippen LogP contribution in [-0.2, 0) is 0 Å². The molecule has 11 heteroatoms. The maximum atomic E-state index is 5.90. The largest absolute Gasteiger partial charge is 0.454 e. The highest BCUT2D eigenvalue weighted by atomic mass is 35.6. The fourth-order valence-corrected chi connectivity index (χ4v) is 2.43. The van der Waals surface area contributed by atoms with Gasteiger partial charge in [0, 0.05) is 5.56 Å². The van der Waals surface area contributed by atoms with Crippen molar-refractivity contribution in [2.24, 2.45) is 5.10 Å². The zero-order valence-electron chi connectivity index (χ0n) is 11.0. The van der Waals surface area contributed by atoms with Crippen molar-refractivity contribution >= 4 is 81.0 Å². The molecule has 1 aromatic rings. The number of hydrazone groups is 1. The number of benzene rings is 1. The molecule has 124 valence electrons. The first-order valence-electron chi connectivity index (χ1n) is 6.06. The number of hydrogen-bond donors (Lipinski definition) is 1. The second-order valence-electron chi connectivity index (χ2n) is 4.50. The quantitative estimate of drug-likeness (QED) is 0.514. The highest BCUT2D eigenvalue weighted by Crippen LogP contribution is 2.39. The summed E-state index contributed by atoms with van der Waals surface area (Å²) in [6.45, 7) is 0.159. The van der Waals surface area contributed by atoms with Gasteiger partial charge < -0.3 is 9.47 Å². The lowest BCUT2D eigenvalue weighted by Crippen LogP contribution is -2.45. The number of ether oxygens (including phenoxy) is 2. The summed E-state index contributed by atoms with van der Waals surface area (Å²) in [6.07, 6.45) is 1.54. The first-order valence-corrected chi connectivity index (χ1v) is 8.32. The molecule has 2 aliphatic heterocycles. The highest BCUT2D eigenvalue weighted by molar-refractivity contribution is 6.77. The number of nitrogens with zero attached hydrogens (tertiary/aromatic N) is 2. The number of hydrazine groups is 1. The first-order chi connectivity index (χ1) is 10.6. The van der Waals surface area contributed by atoms with Gasteiger partial charge in [-0.1, -0.05) is 69.6 Å². The Hall–Kier alpha value is -0.430. The third-order valence-corrected chi connectivity index (χ3v) is 3.99. The van der Waals surface area contributed by atoms with E-state index in [9.17, 15) is 0 Å². The van der Waals surface area contributed by atoms with E-state index in [4.69, 9.17) is 79.1 Å². The average molecular weight is 438 g/mol. The minimum Gasteiger partial charge on any atom is -0.454 e. The van der Waals surface area contributed by atoms with Crippen LogP contribution in [0, 0.1) is 0 Å². The van der Waals surface area contributed by atoms with Crippen LogP contribution in [0.3, 0.4) is 0 Å². The zero-order chi connectivity index (χ0) is 16.8. The molecule has 0 unspecified atom stereocenters. The van der Waals surface area contributed by atoms with Crippen molar-refractivity contribution in [3.8, 4) is 11.5 Å². The van der Waals surface area contributed by atoms with E-state index in [1.807, 2.05) is 0 Å². The third kappa shape index (κ3) is 3.81. The standard InChI is InChI=1S/C12H7Cl6N3O2/c13-11(14,15)10-4-7(19-21(20-10)12(16,17)18)6-1-2-8-9(3-6)23-5-22-8/h1-4,19H,5H2. The molecule has 0 spiro atoms. The second kappa shape index (κ2) is 6.14. The van der Waals surface area contributed by atoms with Gasteiger partial charge >= 0.3 is 3.92 Å². The fourth-order valence-electron chi connectivity index (χ4n) is 1.92. The van der Waals surface area contributed by atoms with Gasteiger partial charge in [-0.25, -0.2) is 0 Å². The predicted molar refractivity (Wildman–Crippen MR) is 93.5 cm³/mol. The summed E-state index contributed by atoms with van der Waals surface area (Å²) < 4.78 is 6.92. The number of hydrogen-bond acceptors (Lipinski definition) is 5. The van der Waals surface area contributed by atoms with Crippen LogP contribution < -0.4 is 14.9 Å². The van der Waals surface area contributed by atoms with Gasteiger partial charge in [0.05, 0.1) is 5.70 Å². The molecule has 0 bridgehead atoms. The van der Waals surface area contributed by atoms with Crippen LogP contribution in [0.4, 0.5) is 0 Å². The number of halogens is 6. The van der Waals surface area contributed by atoms with Gasteiger partial charge in [-0.15, -0.1) is 0 Å². The Morgan fingerprint density at radius 1 is 1.04 bits per heavy atom. The lowest BCUT2D eigenvalue weighted by molar-refractivity contribution is 0.174. The van der Waals surface area contributed by atoms with E-state index in [1.165, 1.54) is 6.08 Å². The number of allylic oxidation sites excluding steroid dienone is 1. The van der Waals surface area contributed by atoms with E-state index < -0.39 is 7.71 Å². The van der Waals surface area contributed by atoms with Gasteiger partial charge in [0.25, 0.3) is 0 Å². The van der Waals surface area contributed by atoms with Gasteiger partial charge in [-0.05, 0) is 24.3 Å². The molecule has 0 fully saturated rings. The number of nitrogens with one attached hydrogen (secondary N) is 1. The maximum Gasteiger partial charge on any atom is 0.301 e. The predicted octanol–water partition coefficient (Wildman–Crippen LogP) is 4.63. The van der Waals surface area contributed by atoms with Gasteiger partial charge in [0.1, 0.15) is 5.71 Å². The molecule has 23 heavy (non-hydrogen) atoms. The summed E-state index contributed by atoms with van der Waals surface area (Å²) >= 11 is 35.3. The Morgan fingerprint density at radius 3 is 2.39 bits per heavy atom. The third-order valence-electron chi connectivity index (χ3n) is 2.93. The van der Waals surface area contributed by atoms with Crippen LogP contribution in [0.2, 0.25) is 0 Å². The summed E-state index contributed by atoms with van der Waals surface area (Å²) in [5.41, 5.74) is 4.13. The van der Waals surface area contributed by atoms with Gasteiger partial charge in [-0.2, -0.15) is 10.2 Å². The lowest BCUT2D eigenvalue weighted by atomic mass is 10.1. The Bertz CT molecular complexity index is 695. The molecule has 2 aliphatic rings. The highest BCUT2D eigenvalue weighted by Gasteiger charge is 2.37. The average Bonchev–Trinajstić information content (AvgIpc) is 2.92. The topological polar surface area (TPSA) is 46.1 Å². The molecule has 0 amide bonds. The monoisotopic (exact) mass is 435 g/mol. The number of alkyl halides is 6. The van der Waals surface area contributed by atoms with Crippen molar-refractivity contribution in [2.45, 2.75) is 7.71 Å². The van der Waals surface area contributed by atoms with E-state index in [0.29, 0.717) is 22.8 Å². The van der Waals surface area contributed by atoms with Crippen molar-refractivity contribution in [3.63, 3.8) is 0 Å².